The molecule has 0 atom stereocenters. The van der Waals surface area contributed by atoms with Crippen molar-refractivity contribution >= 4 is 67.3 Å². The summed E-state index contributed by atoms with van der Waals surface area (Å²) < 4.78 is 91.5. The Balaban J connectivity index is 0.000000215. The zero-order chi connectivity index (χ0) is 33.1. The van der Waals surface area contributed by atoms with Gasteiger partial charge >= 0.3 is 19.5 Å². The lowest BCUT2D eigenvalue weighted by molar-refractivity contribution is -0.211. The van der Waals surface area contributed by atoms with Crippen LogP contribution in [-0.2, 0) is 22.2 Å². The predicted molar refractivity (Wildman–Crippen MR) is 167 cm³/mol. The maximum Gasteiger partial charge on any atom is 0.494 e. The fraction of sp³-hybridized carbons (Fsp3) is 0.533. The Labute approximate surface area is 266 Å². The Bertz CT molecular complexity index is 1630. The second kappa shape index (κ2) is 11.7. The van der Waals surface area contributed by atoms with Gasteiger partial charge in [0, 0.05) is 17.9 Å². The Morgan fingerprint density at radius 1 is 0.705 bits per heavy atom. The van der Waals surface area contributed by atoms with Gasteiger partial charge in [-0.1, -0.05) is 45.4 Å². The minimum atomic E-state index is -4.27. The summed E-state index contributed by atoms with van der Waals surface area (Å²) in [6, 6.07) is 10.7. The van der Waals surface area contributed by atoms with Gasteiger partial charge in [-0.25, -0.2) is 9.97 Å². The van der Waals surface area contributed by atoms with Gasteiger partial charge in [-0.2, -0.15) is 26.3 Å². The summed E-state index contributed by atoms with van der Waals surface area (Å²) in [5.41, 5.74) is -2.23. The van der Waals surface area contributed by atoms with E-state index in [0.29, 0.717) is 26.1 Å². The Morgan fingerprint density at radius 2 is 1.11 bits per heavy atom. The van der Waals surface area contributed by atoms with Crippen LogP contribution in [0.4, 0.5) is 26.3 Å². The van der Waals surface area contributed by atoms with E-state index >= 15 is 0 Å². The summed E-state index contributed by atoms with van der Waals surface area (Å²) in [4.78, 5) is 8.59. The fourth-order valence-electron chi connectivity index (χ4n) is 4.17. The molecule has 2 aromatic carbocycles. The zero-order valence-corrected chi connectivity index (χ0v) is 28.0. The first kappa shape index (κ1) is 34.9. The first-order valence-electron chi connectivity index (χ1n) is 13.8. The molecule has 4 aromatic rings. The number of halogens is 7. The third-order valence-corrected chi connectivity index (χ3v) is 10.4. The SMILES string of the molecule is CC(C)(Cc1nc2ccc(B3OC(C)(C)C(C)(C)O3)cc2s1)C(F)(F)F.CC(C)(Cc1nc2ccc(Cl)cc2s1)C(F)(F)F. The molecule has 0 saturated carbocycles. The average molecular weight is 679 g/mol. The number of aromatic nitrogens is 2. The lowest BCUT2D eigenvalue weighted by Gasteiger charge is -2.32. The van der Waals surface area contributed by atoms with Crippen molar-refractivity contribution in [1.29, 1.82) is 0 Å². The second-order valence-corrected chi connectivity index (χ2v) is 15.9. The predicted octanol–water partition coefficient (Wildman–Crippen LogP) is 9.81. The van der Waals surface area contributed by atoms with Crippen LogP contribution in [0.15, 0.2) is 36.4 Å². The molecule has 44 heavy (non-hydrogen) atoms. The van der Waals surface area contributed by atoms with Gasteiger partial charge in [0.05, 0.1) is 52.5 Å². The minimum absolute atomic E-state index is 0.118. The van der Waals surface area contributed by atoms with Gasteiger partial charge in [-0.05, 0) is 63.5 Å². The summed E-state index contributed by atoms with van der Waals surface area (Å²) in [7, 11) is -0.499. The van der Waals surface area contributed by atoms with Crippen molar-refractivity contribution in [2.24, 2.45) is 10.8 Å². The van der Waals surface area contributed by atoms with E-state index in [1.807, 2.05) is 45.9 Å². The highest BCUT2D eigenvalue weighted by molar-refractivity contribution is 7.19. The van der Waals surface area contributed by atoms with Crippen LogP contribution in [0.3, 0.4) is 0 Å². The minimum Gasteiger partial charge on any atom is -0.399 e. The maximum absolute atomic E-state index is 13.1. The van der Waals surface area contributed by atoms with E-state index in [-0.39, 0.29) is 12.8 Å². The van der Waals surface area contributed by atoms with Crippen molar-refractivity contribution < 1.29 is 35.7 Å². The average Bonchev–Trinajstić information content (AvgIpc) is 3.48. The smallest absolute Gasteiger partial charge is 0.399 e. The van der Waals surface area contributed by atoms with Crippen LogP contribution in [0, 0.1) is 10.8 Å². The van der Waals surface area contributed by atoms with E-state index in [2.05, 4.69) is 9.97 Å². The number of hydrogen-bond donors (Lipinski definition) is 0. The summed E-state index contributed by atoms with van der Waals surface area (Å²) in [5, 5.41) is 1.52. The number of fused-ring (bicyclic) bond motifs is 2. The van der Waals surface area contributed by atoms with Crippen LogP contribution in [-0.4, -0.2) is 40.6 Å². The number of rotatable bonds is 5. The highest BCUT2D eigenvalue weighted by atomic mass is 35.5. The van der Waals surface area contributed by atoms with Crippen molar-refractivity contribution in [3.8, 4) is 0 Å². The summed E-state index contributed by atoms with van der Waals surface area (Å²) >= 11 is 8.38. The monoisotopic (exact) mass is 678 g/mol. The molecule has 3 heterocycles. The third kappa shape index (κ3) is 7.38. The molecule has 0 radical (unpaired) electrons. The van der Waals surface area contributed by atoms with Crippen LogP contribution in [0.1, 0.15) is 65.4 Å². The number of nitrogens with zero attached hydrogens (tertiary/aromatic N) is 2. The molecule has 0 N–H and O–H groups in total. The van der Waals surface area contributed by atoms with Crippen molar-refractivity contribution in [3.05, 3.63) is 51.4 Å². The molecule has 1 saturated heterocycles. The molecule has 0 amide bonds. The topological polar surface area (TPSA) is 44.2 Å². The summed E-state index contributed by atoms with van der Waals surface area (Å²) in [6.07, 6.45) is -8.75. The van der Waals surface area contributed by atoms with Gasteiger partial charge in [-0.15, -0.1) is 22.7 Å². The number of benzene rings is 2. The molecule has 1 aliphatic heterocycles. The maximum atomic E-state index is 13.1. The number of hydrogen-bond acceptors (Lipinski definition) is 6. The zero-order valence-electron chi connectivity index (χ0n) is 25.6. The molecule has 0 aliphatic carbocycles. The molecule has 1 fully saturated rings. The van der Waals surface area contributed by atoms with E-state index in [0.717, 1.165) is 14.9 Å². The first-order valence-corrected chi connectivity index (χ1v) is 15.9. The Morgan fingerprint density at radius 3 is 1.55 bits per heavy atom. The molecular weight excluding hydrogens is 645 g/mol. The Hall–Kier alpha value is -1.93. The summed E-state index contributed by atoms with van der Waals surface area (Å²) in [6.45, 7) is 12.7. The molecule has 1 aliphatic rings. The highest BCUT2D eigenvalue weighted by Crippen LogP contribution is 2.43. The molecule has 0 unspecified atom stereocenters. The van der Waals surface area contributed by atoms with Gasteiger partial charge in [0.2, 0.25) is 0 Å². The van der Waals surface area contributed by atoms with Crippen LogP contribution in [0.25, 0.3) is 20.4 Å². The normalized spacial score (nSPS) is 17.3. The molecule has 2 aromatic heterocycles. The van der Waals surface area contributed by atoms with Gasteiger partial charge in [0.25, 0.3) is 0 Å². The van der Waals surface area contributed by atoms with Gasteiger partial charge in [-0.3, -0.25) is 0 Å². The van der Waals surface area contributed by atoms with Gasteiger partial charge < -0.3 is 9.31 Å². The molecular formula is C30H34BClF6N2O2S2. The number of thiazole rings is 2. The van der Waals surface area contributed by atoms with Crippen molar-refractivity contribution in [2.75, 3.05) is 0 Å². The molecule has 14 heteroatoms. The van der Waals surface area contributed by atoms with Gasteiger partial charge in [0.1, 0.15) is 0 Å². The molecule has 0 bridgehead atoms. The lowest BCUT2D eigenvalue weighted by atomic mass is 9.79. The second-order valence-electron chi connectivity index (χ2n) is 13.3. The molecule has 4 nitrogen and oxygen atoms in total. The van der Waals surface area contributed by atoms with E-state index in [4.69, 9.17) is 20.9 Å². The van der Waals surface area contributed by atoms with Crippen LogP contribution in [0.2, 0.25) is 5.02 Å². The quantitative estimate of drug-likeness (QED) is 0.156. The van der Waals surface area contributed by atoms with Crippen LogP contribution < -0.4 is 5.46 Å². The van der Waals surface area contributed by atoms with E-state index in [1.54, 1.807) is 18.2 Å². The molecule has 240 valence electrons. The van der Waals surface area contributed by atoms with Crippen molar-refractivity contribution in [2.45, 2.75) is 91.8 Å². The van der Waals surface area contributed by atoms with Crippen LogP contribution in [0.5, 0.6) is 0 Å². The van der Waals surface area contributed by atoms with Crippen molar-refractivity contribution in [3.63, 3.8) is 0 Å². The molecule has 0 spiro atoms. The lowest BCUT2D eigenvalue weighted by Crippen LogP contribution is -2.41. The highest BCUT2D eigenvalue weighted by Gasteiger charge is 2.52. The van der Waals surface area contributed by atoms with E-state index < -0.39 is 41.5 Å². The van der Waals surface area contributed by atoms with E-state index in [9.17, 15) is 26.3 Å². The third-order valence-electron chi connectivity index (χ3n) is 8.10. The standard InChI is InChI=1S/C18H23BF3NO2S.C12H11ClF3NS/c1-15(2,18(20,21)22)10-14-23-12-8-7-11(9-13(12)26-14)19-24-16(3,4)17(5,6)25-19;1-11(2,12(14,15)16)6-10-17-8-4-3-7(13)5-9(8)18-10/h7-9H,10H2,1-6H3;3-5H,6H2,1-2H3. The van der Waals surface area contributed by atoms with Gasteiger partial charge in [0.15, 0.2) is 0 Å². The number of alkyl halides is 6. The van der Waals surface area contributed by atoms with Crippen molar-refractivity contribution in [1.82, 2.24) is 9.97 Å². The molecule has 5 rings (SSSR count). The first-order chi connectivity index (χ1) is 19.9. The fourth-order valence-corrected chi connectivity index (χ4v) is 6.88. The summed E-state index contributed by atoms with van der Waals surface area (Å²) in [5.74, 6) is 0. The Kier molecular flexibility index (Phi) is 9.29. The largest absolute Gasteiger partial charge is 0.494 e. The van der Waals surface area contributed by atoms with E-state index in [1.165, 1.54) is 50.4 Å². The van der Waals surface area contributed by atoms with Crippen LogP contribution >= 0.6 is 34.3 Å².